The van der Waals surface area contributed by atoms with Gasteiger partial charge in [0.1, 0.15) is 0 Å². The lowest BCUT2D eigenvalue weighted by atomic mass is 9.81. The first-order chi connectivity index (χ1) is 9.67. The van der Waals surface area contributed by atoms with Gasteiger partial charge >= 0.3 is 5.97 Å². The molecule has 1 N–H and O–H groups in total. The van der Waals surface area contributed by atoms with E-state index in [9.17, 15) is 18.3 Å². The molecular weight excluding hydrogens is 337 g/mol. The van der Waals surface area contributed by atoms with E-state index in [0.29, 0.717) is 0 Å². The van der Waals surface area contributed by atoms with Crippen LogP contribution in [0.5, 0.6) is 0 Å². The first-order valence-corrected chi connectivity index (χ1v) is 8.55. The molecule has 8 heteroatoms. The summed E-state index contributed by atoms with van der Waals surface area (Å²) in [4.78, 5) is 11.3. The van der Waals surface area contributed by atoms with Gasteiger partial charge in [-0.2, -0.15) is 4.31 Å². The fourth-order valence-corrected chi connectivity index (χ4v) is 4.05. The van der Waals surface area contributed by atoms with Gasteiger partial charge in [0, 0.05) is 13.1 Å². The fraction of sp³-hybridized carbons (Fsp3) is 0.462. The van der Waals surface area contributed by atoms with Crippen molar-refractivity contribution < 1.29 is 18.3 Å². The number of carbonyl (C=O) groups is 1. The molecule has 0 saturated carbocycles. The lowest BCUT2D eigenvalue weighted by Crippen LogP contribution is -2.45. The van der Waals surface area contributed by atoms with Crippen molar-refractivity contribution in [2.24, 2.45) is 5.41 Å². The van der Waals surface area contributed by atoms with Crippen LogP contribution in [0.25, 0.3) is 0 Å². The van der Waals surface area contributed by atoms with Crippen molar-refractivity contribution in [3.63, 3.8) is 0 Å². The molecule has 0 bridgehead atoms. The van der Waals surface area contributed by atoms with Crippen LogP contribution in [0, 0.1) is 5.41 Å². The SMILES string of the molecule is CC1(C(=O)O)CCN(S(=O)(=O)c2ccc(Cl)c(Cl)c2)CC1. The molecule has 0 unspecified atom stereocenters. The number of sulfonamides is 1. The van der Waals surface area contributed by atoms with Crippen molar-refractivity contribution in [2.75, 3.05) is 13.1 Å². The number of hydrogen-bond donors (Lipinski definition) is 1. The maximum Gasteiger partial charge on any atom is 0.309 e. The molecule has 1 fully saturated rings. The van der Waals surface area contributed by atoms with E-state index in [-0.39, 0.29) is 40.9 Å². The van der Waals surface area contributed by atoms with Crippen molar-refractivity contribution in [3.05, 3.63) is 28.2 Å². The van der Waals surface area contributed by atoms with Crippen molar-refractivity contribution in [2.45, 2.75) is 24.7 Å². The molecule has 2 rings (SSSR count). The average molecular weight is 352 g/mol. The number of carboxylic acids is 1. The standard InChI is InChI=1S/C13H15Cl2NO4S/c1-13(12(17)18)4-6-16(7-5-13)21(19,20)9-2-3-10(14)11(15)8-9/h2-3,8H,4-7H2,1H3,(H,17,18). The summed E-state index contributed by atoms with van der Waals surface area (Å²) in [7, 11) is -3.68. The highest BCUT2D eigenvalue weighted by atomic mass is 35.5. The van der Waals surface area contributed by atoms with E-state index < -0.39 is 21.4 Å². The Balaban J connectivity index is 2.22. The Hall–Kier alpha value is -0.820. The summed E-state index contributed by atoms with van der Waals surface area (Å²) in [5.74, 6) is -0.894. The number of nitrogens with zero attached hydrogens (tertiary/aromatic N) is 1. The first-order valence-electron chi connectivity index (χ1n) is 6.35. The molecule has 1 aromatic carbocycles. The zero-order valence-corrected chi connectivity index (χ0v) is 13.7. The van der Waals surface area contributed by atoms with Crippen LogP contribution in [0.15, 0.2) is 23.1 Å². The van der Waals surface area contributed by atoms with Crippen molar-refractivity contribution in [3.8, 4) is 0 Å². The monoisotopic (exact) mass is 351 g/mol. The third kappa shape index (κ3) is 3.18. The minimum atomic E-state index is -3.68. The van der Waals surface area contributed by atoms with Crippen LogP contribution >= 0.6 is 23.2 Å². The Morgan fingerprint density at radius 2 is 1.81 bits per heavy atom. The number of halogens is 2. The summed E-state index contributed by atoms with van der Waals surface area (Å²) in [6, 6.07) is 4.14. The molecule has 0 aromatic heterocycles. The molecule has 116 valence electrons. The summed E-state index contributed by atoms with van der Waals surface area (Å²) in [6.45, 7) is 1.98. The van der Waals surface area contributed by atoms with E-state index in [1.807, 2.05) is 0 Å². The lowest BCUT2D eigenvalue weighted by molar-refractivity contribution is -0.150. The first kappa shape index (κ1) is 16.5. The fourth-order valence-electron chi connectivity index (χ4n) is 2.22. The molecule has 0 spiro atoms. The molecule has 0 radical (unpaired) electrons. The van der Waals surface area contributed by atoms with Gasteiger partial charge in [-0.05, 0) is 38.0 Å². The number of rotatable bonds is 3. The number of aliphatic carboxylic acids is 1. The van der Waals surface area contributed by atoms with Crippen molar-refractivity contribution in [1.82, 2.24) is 4.31 Å². The highest BCUT2D eigenvalue weighted by Gasteiger charge is 2.40. The third-order valence-electron chi connectivity index (χ3n) is 3.87. The number of piperidine rings is 1. The molecular formula is C13H15Cl2NO4S. The normalized spacial score (nSPS) is 19.4. The Kier molecular flexibility index (Phi) is 4.54. The van der Waals surface area contributed by atoms with Crippen LogP contribution in [0.3, 0.4) is 0 Å². The summed E-state index contributed by atoms with van der Waals surface area (Å²) >= 11 is 11.6. The largest absolute Gasteiger partial charge is 0.481 e. The smallest absolute Gasteiger partial charge is 0.309 e. The summed E-state index contributed by atoms with van der Waals surface area (Å²) < 4.78 is 26.3. The zero-order valence-electron chi connectivity index (χ0n) is 11.3. The van der Waals surface area contributed by atoms with Gasteiger partial charge in [0.25, 0.3) is 0 Å². The van der Waals surface area contributed by atoms with Gasteiger partial charge in [-0.1, -0.05) is 23.2 Å². The minimum Gasteiger partial charge on any atom is -0.481 e. The molecule has 1 saturated heterocycles. The number of carboxylic acid groups (broad SMARTS) is 1. The van der Waals surface area contributed by atoms with E-state index >= 15 is 0 Å². The van der Waals surface area contributed by atoms with Crippen LogP contribution in [-0.2, 0) is 14.8 Å². The van der Waals surface area contributed by atoms with Gasteiger partial charge in [-0.3, -0.25) is 4.79 Å². The minimum absolute atomic E-state index is 0.0656. The molecule has 1 aliphatic rings. The van der Waals surface area contributed by atoms with E-state index in [2.05, 4.69) is 0 Å². The second-order valence-corrected chi connectivity index (χ2v) is 8.10. The molecule has 0 aliphatic carbocycles. The van der Waals surface area contributed by atoms with Crippen LogP contribution in [0.2, 0.25) is 10.0 Å². The zero-order chi connectivity index (χ0) is 15.8. The Labute approximate surface area is 133 Å². The van der Waals surface area contributed by atoms with Gasteiger partial charge in [-0.25, -0.2) is 8.42 Å². The van der Waals surface area contributed by atoms with Crippen LogP contribution in [0.4, 0.5) is 0 Å². The number of hydrogen-bond acceptors (Lipinski definition) is 3. The highest BCUT2D eigenvalue weighted by molar-refractivity contribution is 7.89. The molecule has 0 atom stereocenters. The van der Waals surface area contributed by atoms with Gasteiger partial charge in [0.15, 0.2) is 0 Å². The topological polar surface area (TPSA) is 74.7 Å². The van der Waals surface area contributed by atoms with Crippen LogP contribution in [0.1, 0.15) is 19.8 Å². The summed E-state index contributed by atoms with van der Waals surface area (Å²) in [5, 5.41) is 9.63. The Morgan fingerprint density at radius 3 is 2.29 bits per heavy atom. The van der Waals surface area contributed by atoms with Gasteiger partial charge < -0.3 is 5.11 Å². The van der Waals surface area contributed by atoms with Gasteiger partial charge in [0.05, 0.1) is 20.4 Å². The van der Waals surface area contributed by atoms with Crippen LogP contribution < -0.4 is 0 Å². The predicted molar refractivity (Wildman–Crippen MR) is 80.2 cm³/mol. The maximum atomic E-state index is 12.5. The molecule has 1 aliphatic heterocycles. The number of benzene rings is 1. The Morgan fingerprint density at radius 1 is 1.24 bits per heavy atom. The van der Waals surface area contributed by atoms with E-state index in [1.54, 1.807) is 6.92 Å². The highest BCUT2D eigenvalue weighted by Crippen LogP contribution is 2.34. The molecule has 1 aromatic rings. The Bertz CT molecular complexity index is 667. The maximum absolute atomic E-state index is 12.5. The predicted octanol–water partition coefficient (Wildman–Crippen LogP) is 2.87. The molecule has 0 amide bonds. The van der Waals surface area contributed by atoms with Crippen LogP contribution in [-0.4, -0.2) is 36.9 Å². The van der Waals surface area contributed by atoms with Crippen molar-refractivity contribution in [1.29, 1.82) is 0 Å². The summed E-state index contributed by atoms with van der Waals surface area (Å²) in [6.07, 6.45) is 0.561. The molecule has 1 heterocycles. The lowest BCUT2D eigenvalue weighted by Gasteiger charge is -2.35. The summed E-state index contributed by atoms with van der Waals surface area (Å²) in [5.41, 5.74) is -0.871. The average Bonchev–Trinajstić information content (AvgIpc) is 2.42. The van der Waals surface area contributed by atoms with Gasteiger partial charge in [0.2, 0.25) is 10.0 Å². The van der Waals surface area contributed by atoms with E-state index in [1.165, 1.54) is 22.5 Å². The van der Waals surface area contributed by atoms with Crippen molar-refractivity contribution >= 4 is 39.2 Å². The second-order valence-electron chi connectivity index (χ2n) is 5.35. The van der Waals surface area contributed by atoms with Gasteiger partial charge in [-0.15, -0.1) is 0 Å². The molecule has 21 heavy (non-hydrogen) atoms. The molecule has 5 nitrogen and oxygen atoms in total. The van der Waals surface area contributed by atoms with E-state index in [0.717, 1.165) is 0 Å². The quantitative estimate of drug-likeness (QED) is 0.908. The third-order valence-corrected chi connectivity index (χ3v) is 6.50. The second kappa shape index (κ2) is 5.76. The van der Waals surface area contributed by atoms with E-state index in [4.69, 9.17) is 23.2 Å².